The van der Waals surface area contributed by atoms with Crippen molar-refractivity contribution in [3.05, 3.63) is 0 Å². The van der Waals surface area contributed by atoms with E-state index in [9.17, 15) is 0 Å². The number of ether oxygens (including phenoxy) is 1. The van der Waals surface area contributed by atoms with Gasteiger partial charge in [-0.05, 0) is 14.0 Å². The molecule has 1 saturated heterocycles. The Labute approximate surface area is 97.5 Å². The summed E-state index contributed by atoms with van der Waals surface area (Å²) in [7, 11) is 2.10. The van der Waals surface area contributed by atoms with Crippen LogP contribution in [0.25, 0.3) is 0 Å². The second kappa shape index (κ2) is 11.2. The van der Waals surface area contributed by atoms with Gasteiger partial charge in [-0.15, -0.1) is 0 Å². The Morgan fingerprint density at radius 3 is 2.43 bits per heavy atom. The van der Waals surface area contributed by atoms with E-state index in [4.69, 9.17) is 14.6 Å². The van der Waals surface area contributed by atoms with E-state index >= 15 is 0 Å². The zero-order valence-corrected chi connectivity index (χ0v) is 10.2. The van der Waals surface area contributed by atoms with E-state index in [2.05, 4.69) is 11.9 Å². The fourth-order valence-corrected chi connectivity index (χ4v) is 1.25. The molecule has 83 valence electrons. The van der Waals surface area contributed by atoms with Crippen LogP contribution in [0.15, 0.2) is 0 Å². The molecular formula is C9H19NO3V. The van der Waals surface area contributed by atoms with Gasteiger partial charge in [-0.25, -0.2) is 0 Å². The largest absolute Gasteiger partial charge is 0.394 e. The van der Waals surface area contributed by atoms with E-state index < -0.39 is 0 Å². The molecule has 0 bridgehead atoms. The van der Waals surface area contributed by atoms with Crippen LogP contribution in [0.1, 0.15) is 6.92 Å². The number of carbonyl (C=O) groups excluding carboxylic acids is 1. The van der Waals surface area contributed by atoms with Crippen LogP contribution in [0.3, 0.4) is 0 Å². The van der Waals surface area contributed by atoms with Crippen molar-refractivity contribution in [2.24, 2.45) is 5.92 Å². The van der Waals surface area contributed by atoms with E-state index in [0.29, 0.717) is 12.5 Å². The van der Waals surface area contributed by atoms with Gasteiger partial charge in [-0.2, -0.15) is 0 Å². The van der Waals surface area contributed by atoms with Crippen LogP contribution in [0.2, 0.25) is 0 Å². The van der Waals surface area contributed by atoms with Crippen LogP contribution in [-0.4, -0.2) is 56.3 Å². The molecular weight excluding hydrogens is 221 g/mol. The molecule has 0 saturated carbocycles. The number of rotatable bonds is 4. The number of likely N-dealkylation sites (tertiary alicyclic amines) is 1. The fourth-order valence-electron chi connectivity index (χ4n) is 1.25. The topological polar surface area (TPSA) is 49.8 Å². The van der Waals surface area contributed by atoms with Crippen molar-refractivity contribution in [2.45, 2.75) is 6.92 Å². The van der Waals surface area contributed by atoms with Gasteiger partial charge in [0.1, 0.15) is 6.29 Å². The summed E-state index contributed by atoms with van der Waals surface area (Å²) in [4.78, 5) is 11.1. The molecule has 0 aromatic rings. The number of carbonyl (C=O) groups is 1. The summed E-state index contributed by atoms with van der Waals surface area (Å²) in [5, 5.41) is 8.39. The van der Waals surface area contributed by atoms with Gasteiger partial charge in [0.25, 0.3) is 0 Å². The van der Waals surface area contributed by atoms with Crippen molar-refractivity contribution in [3.8, 4) is 0 Å². The third-order valence-corrected chi connectivity index (χ3v) is 1.73. The zero-order chi connectivity index (χ0) is 10.1. The van der Waals surface area contributed by atoms with E-state index in [-0.39, 0.29) is 25.2 Å². The number of hydrogen-bond donors (Lipinski definition) is 1. The average molecular weight is 240 g/mol. The van der Waals surface area contributed by atoms with Crippen LogP contribution in [-0.2, 0) is 28.1 Å². The van der Waals surface area contributed by atoms with Crippen molar-refractivity contribution >= 4 is 6.29 Å². The maximum absolute atomic E-state index is 8.81. The molecule has 0 atom stereocenters. The van der Waals surface area contributed by atoms with Crippen molar-refractivity contribution in [2.75, 3.05) is 40.0 Å². The molecule has 14 heavy (non-hydrogen) atoms. The van der Waals surface area contributed by atoms with E-state index in [1.807, 2.05) is 0 Å². The number of aldehydes is 1. The first kappa shape index (κ1) is 16.6. The molecule has 0 unspecified atom stereocenters. The van der Waals surface area contributed by atoms with Gasteiger partial charge in [-0.1, -0.05) is 0 Å². The molecule has 0 amide bonds. The Balaban J connectivity index is 0. The first-order chi connectivity index (χ1) is 6.24. The minimum atomic E-state index is 0. The molecule has 1 heterocycles. The molecule has 0 aromatic heterocycles. The van der Waals surface area contributed by atoms with Crippen molar-refractivity contribution < 1.29 is 33.2 Å². The number of aliphatic hydroxyl groups excluding tert-OH is 1. The standard InChI is InChI=1S/C7H15NO2.C2H4O.V/c1-8-4-7(5-8)6-10-3-2-9;1-2-3;/h7,9H,2-6H2,1H3;2H,1H3;. The summed E-state index contributed by atoms with van der Waals surface area (Å²) < 4.78 is 5.16. The molecule has 1 N–H and O–H groups in total. The molecule has 5 heteroatoms. The molecule has 0 aromatic carbocycles. The summed E-state index contributed by atoms with van der Waals surface area (Å²) in [5.41, 5.74) is 0. The van der Waals surface area contributed by atoms with E-state index in [1.54, 1.807) is 0 Å². The number of nitrogens with zero attached hydrogens (tertiary/aromatic N) is 1. The van der Waals surface area contributed by atoms with Crippen molar-refractivity contribution in [3.63, 3.8) is 0 Å². The Morgan fingerprint density at radius 1 is 1.57 bits per heavy atom. The molecule has 0 aliphatic carbocycles. The molecule has 1 aliphatic rings. The third-order valence-electron chi connectivity index (χ3n) is 1.73. The molecule has 1 fully saturated rings. The predicted molar refractivity (Wildman–Crippen MR) is 50.6 cm³/mol. The smallest absolute Gasteiger partial charge is 0.116 e. The number of hydrogen-bond acceptors (Lipinski definition) is 4. The Morgan fingerprint density at radius 2 is 2.07 bits per heavy atom. The molecule has 1 aliphatic heterocycles. The Bertz CT molecular complexity index is 129. The summed E-state index contributed by atoms with van der Waals surface area (Å²) in [6.07, 6.45) is 0.750. The van der Waals surface area contributed by atoms with E-state index in [0.717, 1.165) is 26.0 Å². The normalized spacial score (nSPS) is 15.9. The average Bonchev–Trinajstić information content (AvgIpc) is 2.03. The molecule has 4 nitrogen and oxygen atoms in total. The second-order valence-electron chi connectivity index (χ2n) is 3.12. The second-order valence-corrected chi connectivity index (χ2v) is 3.12. The van der Waals surface area contributed by atoms with Gasteiger partial charge in [0.05, 0.1) is 19.8 Å². The van der Waals surface area contributed by atoms with Gasteiger partial charge >= 0.3 is 0 Å². The Kier molecular flexibility index (Phi) is 13.3. The SMILES string of the molecule is CC=O.CN1CC(COCCO)C1.[V]. The van der Waals surface area contributed by atoms with Crippen molar-refractivity contribution in [1.29, 1.82) is 0 Å². The van der Waals surface area contributed by atoms with Gasteiger partial charge < -0.3 is 19.5 Å². The summed E-state index contributed by atoms with van der Waals surface area (Å²) in [6.45, 7) is 5.17. The first-order valence-electron chi connectivity index (χ1n) is 4.51. The van der Waals surface area contributed by atoms with Crippen molar-refractivity contribution in [1.82, 2.24) is 4.90 Å². The maximum Gasteiger partial charge on any atom is 0.116 e. The zero-order valence-electron chi connectivity index (χ0n) is 8.85. The monoisotopic (exact) mass is 240 g/mol. The summed E-state index contributed by atoms with van der Waals surface area (Å²) >= 11 is 0. The first-order valence-corrected chi connectivity index (χ1v) is 4.51. The Hall–Kier alpha value is 0.134. The minimum absolute atomic E-state index is 0. The summed E-state index contributed by atoms with van der Waals surface area (Å²) in [6, 6.07) is 0. The third kappa shape index (κ3) is 8.72. The summed E-state index contributed by atoms with van der Waals surface area (Å²) in [5.74, 6) is 0.705. The minimum Gasteiger partial charge on any atom is -0.394 e. The van der Waals surface area contributed by atoms with Crippen LogP contribution >= 0.6 is 0 Å². The van der Waals surface area contributed by atoms with Crippen LogP contribution in [0.5, 0.6) is 0 Å². The van der Waals surface area contributed by atoms with E-state index in [1.165, 1.54) is 6.92 Å². The molecule has 1 radical (unpaired) electrons. The maximum atomic E-state index is 8.81. The fraction of sp³-hybridized carbons (Fsp3) is 0.889. The van der Waals surface area contributed by atoms with Gasteiger partial charge in [0.2, 0.25) is 0 Å². The van der Waals surface area contributed by atoms with Gasteiger partial charge in [0.15, 0.2) is 0 Å². The van der Waals surface area contributed by atoms with Crippen LogP contribution in [0.4, 0.5) is 0 Å². The molecule has 0 spiro atoms. The van der Waals surface area contributed by atoms with Gasteiger partial charge in [-0.3, -0.25) is 0 Å². The quantitative estimate of drug-likeness (QED) is 0.544. The predicted octanol–water partition coefficient (Wildman–Crippen LogP) is -0.240. The van der Waals surface area contributed by atoms with Gasteiger partial charge in [0, 0.05) is 37.6 Å². The van der Waals surface area contributed by atoms with Crippen LogP contribution < -0.4 is 0 Å². The number of aliphatic hydroxyl groups is 1. The van der Waals surface area contributed by atoms with Crippen LogP contribution in [0, 0.1) is 5.92 Å². The molecule has 1 rings (SSSR count).